The number of carbonyl (C=O) groups excluding carboxylic acids is 2. The van der Waals surface area contributed by atoms with E-state index in [0.29, 0.717) is 12.8 Å². The van der Waals surface area contributed by atoms with Gasteiger partial charge in [-0.1, -0.05) is 12.8 Å². The van der Waals surface area contributed by atoms with Crippen LogP contribution >= 0.6 is 0 Å². The topological polar surface area (TPSA) is 61.8 Å². The first-order valence-corrected chi connectivity index (χ1v) is 8.76. The fourth-order valence-corrected chi connectivity index (χ4v) is 3.10. The maximum Gasteiger partial charge on any atom is 0.305 e. The van der Waals surface area contributed by atoms with Crippen molar-refractivity contribution in [2.45, 2.75) is 76.6 Å². The van der Waals surface area contributed by atoms with Crippen LogP contribution in [-0.4, -0.2) is 37.9 Å². The Balaban J connectivity index is 1.64. The van der Waals surface area contributed by atoms with E-state index < -0.39 is 0 Å². The van der Waals surface area contributed by atoms with Gasteiger partial charge in [0.25, 0.3) is 0 Å². The van der Waals surface area contributed by atoms with E-state index in [0.717, 1.165) is 63.5 Å². The maximum absolute atomic E-state index is 11.7. The number of unbranched alkanes of at least 4 members (excludes halogenated alkanes) is 3. The smallest absolute Gasteiger partial charge is 0.305 e. The van der Waals surface area contributed by atoms with Gasteiger partial charge < -0.3 is 14.2 Å². The molecule has 0 bridgehead atoms. The Kier molecular flexibility index (Phi) is 7.76. The number of carbonyl (C=O) groups is 2. The van der Waals surface area contributed by atoms with Crippen LogP contribution in [0.2, 0.25) is 0 Å². The highest BCUT2D eigenvalue weighted by Crippen LogP contribution is 2.28. The van der Waals surface area contributed by atoms with Crippen molar-refractivity contribution in [3.05, 3.63) is 11.6 Å². The average Bonchev–Trinajstić information content (AvgIpc) is 2.90. The molecule has 0 aromatic heterocycles. The molecule has 130 valence electrons. The third-order valence-electron chi connectivity index (χ3n) is 4.42. The standard InChI is InChI=1S/C18H28O5/c1-21-17(20)9-5-3-2-4-8-14-12-15(19)13-16(14)23-18-10-6-7-11-22-18/h12,16,18H,2-11,13H2,1H3. The third-order valence-corrected chi connectivity index (χ3v) is 4.42. The Labute approximate surface area is 138 Å². The van der Waals surface area contributed by atoms with Gasteiger partial charge >= 0.3 is 5.97 Å². The van der Waals surface area contributed by atoms with Gasteiger partial charge in [0.05, 0.1) is 13.2 Å². The summed E-state index contributed by atoms with van der Waals surface area (Å²) in [5, 5.41) is 0. The number of hydrogen-bond donors (Lipinski definition) is 0. The molecule has 2 atom stereocenters. The van der Waals surface area contributed by atoms with E-state index in [-0.39, 0.29) is 24.1 Å². The van der Waals surface area contributed by atoms with Crippen molar-refractivity contribution in [1.82, 2.24) is 0 Å². The van der Waals surface area contributed by atoms with Crippen LogP contribution in [0.3, 0.4) is 0 Å². The molecule has 2 rings (SSSR count). The molecule has 0 radical (unpaired) electrons. The molecule has 1 saturated heterocycles. The number of ketones is 1. The van der Waals surface area contributed by atoms with Crippen LogP contribution in [-0.2, 0) is 23.8 Å². The van der Waals surface area contributed by atoms with Crippen LogP contribution in [0.15, 0.2) is 11.6 Å². The monoisotopic (exact) mass is 324 g/mol. The molecule has 0 saturated carbocycles. The molecule has 5 nitrogen and oxygen atoms in total. The Hall–Kier alpha value is -1.20. The normalized spacial score (nSPS) is 24.6. The van der Waals surface area contributed by atoms with Gasteiger partial charge in [-0.15, -0.1) is 0 Å². The highest BCUT2D eigenvalue weighted by molar-refractivity contribution is 5.94. The summed E-state index contributed by atoms with van der Waals surface area (Å²) < 4.78 is 16.2. The lowest BCUT2D eigenvalue weighted by Crippen LogP contribution is -2.28. The number of allylic oxidation sites excluding steroid dienone is 1. The SMILES string of the molecule is COC(=O)CCCCCCC1=CC(=O)CC1OC1CCCCO1. The lowest BCUT2D eigenvalue weighted by Gasteiger charge is -2.27. The Bertz CT molecular complexity index is 423. The Morgan fingerprint density at radius 3 is 2.83 bits per heavy atom. The average molecular weight is 324 g/mol. The van der Waals surface area contributed by atoms with E-state index >= 15 is 0 Å². The predicted molar refractivity (Wildman–Crippen MR) is 85.9 cm³/mol. The second-order valence-electron chi connectivity index (χ2n) is 6.30. The van der Waals surface area contributed by atoms with Gasteiger partial charge in [-0.25, -0.2) is 0 Å². The zero-order valence-electron chi connectivity index (χ0n) is 14.1. The lowest BCUT2D eigenvalue weighted by atomic mass is 10.0. The van der Waals surface area contributed by atoms with Crippen LogP contribution in [0.5, 0.6) is 0 Å². The summed E-state index contributed by atoms with van der Waals surface area (Å²) >= 11 is 0. The zero-order chi connectivity index (χ0) is 16.5. The third kappa shape index (κ3) is 6.43. The summed E-state index contributed by atoms with van der Waals surface area (Å²) in [6.45, 7) is 0.755. The molecule has 2 aliphatic rings. The summed E-state index contributed by atoms with van der Waals surface area (Å²) in [6, 6.07) is 0. The Morgan fingerprint density at radius 1 is 1.26 bits per heavy atom. The molecule has 1 aliphatic heterocycles. The summed E-state index contributed by atoms with van der Waals surface area (Å²) in [5.41, 5.74) is 1.11. The van der Waals surface area contributed by atoms with E-state index in [9.17, 15) is 9.59 Å². The first-order valence-electron chi connectivity index (χ1n) is 8.76. The minimum Gasteiger partial charge on any atom is -0.469 e. The first-order chi connectivity index (χ1) is 11.2. The predicted octanol–water partition coefficient (Wildman–Crippen LogP) is 3.31. The van der Waals surface area contributed by atoms with Gasteiger partial charge in [0.2, 0.25) is 0 Å². The minimum atomic E-state index is -0.150. The van der Waals surface area contributed by atoms with E-state index in [1.807, 2.05) is 0 Å². The van der Waals surface area contributed by atoms with Crippen LogP contribution in [0.4, 0.5) is 0 Å². The molecule has 0 amide bonds. The van der Waals surface area contributed by atoms with Gasteiger partial charge in [0.1, 0.15) is 0 Å². The van der Waals surface area contributed by atoms with E-state index in [1.165, 1.54) is 7.11 Å². The van der Waals surface area contributed by atoms with Crippen molar-refractivity contribution in [3.63, 3.8) is 0 Å². The van der Waals surface area contributed by atoms with Gasteiger partial charge in [0, 0.05) is 19.4 Å². The van der Waals surface area contributed by atoms with E-state index in [1.54, 1.807) is 6.08 Å². The molecular weight excluding hydrogens is 296 g/mol. The van der Waals surface area contributed by atoms with Crippen molar-refractivity contribution in [2.24, 2.45) is 0 Å². The minimum absolute atomic E-state index is 0.0966. The molecule has 1 heterocycles. The van der Waals surface area contributed by atoms with E-state index in [4.69, 9.17) is 9.47 Å². The molecule has 0 aromatic rings. The molecule has 23 heavy (non-hydrogen) atoms. The van der Waals surface area contributed by atoms with Crippen molar-refractivity contribution in [2.75, 3.05) is 13.7 Å². The Morgan fingerprint density at radius 2 is 2.09 bits per heavy atom. The first kappa shape index (κ1) is 18.1. The largest absolute Gasteiger partial charge is 0.469 e. The van der Waals surface area contributed by atoms with Crippen LogP contribution in [0.25, 0.3) is 0 Å². The number of ether oxygens (including phenoxy) is 3. The highest BCUT2D eigenvalue weighted by atomic mass is 16.7. The number of rotatable bonds is 9. The molecule has 1 fully saturated rings. The second-order valence-corrected chi connectivity index (χ2v) is 6.30. The van der Waals surface area contributed by atoms with Gasteiger partial charge in [-0.05, 0) is 50.2 Å². The van der Waals surface area contributed by atoms with Crippen molar-refractivity contribution in [3.8, 4) is 0 Å². The summed E-state index contributed by atoms with van der Waals surface area (Å²) in [4.78, 5) is 22.7. The van der Waals surface area contributed by atoms with Crippen LogP contribution in [0.1, 0.15) is 64.2 Å². The van der Waals surface area contributed by atoms with Gasteiger partial charge in [-0.2, -0.15) is 0 Å². The fraction of sp³-hybridized carbons (Fsp3) is 0.778. The van der Waals surface area contributed by atoms with Crippen LogP contribution in [0, 0.1) is 0 Å². The molecule has 0 spiro atoms. The molecule has 0 aromatic carbocycles. The quantitative estimate of drug-likeness (QED) is 0.481. The van der Waals surface area contributed by atoms with Gasteiger partial charge in [0.15, 0.2) is 12.1 Å². The maximum atomic E-state index is 11.7. The molecule has 1 aliphatic carbocycles. The summed E-state index contributed by atoms with van der Waals surface area (Å²) in [7, 11) is 1.42. The molecule has 0 N–H and O–H groups in total. The highest BCUT2D eigenvalue weighted by Gasteiger charge is 2.28. The molecule has 2 unspecified atom stereocenters. The van der Waals surface area contributed by atoms with Crippen LogP contribution < -0.4 is 0 Å². The van der Waals surface area contributed by atoms with Crippen molar-refractivity contribution in [1.29, 1.82) is 0 Å². The lowest BCUT2D eigenvalue weighted by molar-refractivity contribution is -0.180. The van der Waals surface area contributed by atoms with Crippen molar-refractivity contribution >= 4 is 11.8 Å². The summed E-state index contributed by atoms with van der Waals surface area (Å²) in [6.07, 6.45) is 10.4. The molecular formula is C18H28O5. The summed E-state index contributed by atoms with van der Waals surface area (Å²) in [5.74, 6) is 0.0153. The number of hydrogen-bond acceptors (Lipinski definition) is 5. The number of esters is 1. The molecule has 5 heteroatoms. The fourth-order valence-electron chi connectivity index (χ4n) is 3.10. The van der Waals surface area contributed by atoms with Gasteiger partial charge in [-0.3, -0.25) is 9.59 Å². The zero-order valence-corrected chi connectivity index (χ0v) is 14.1. The van der Waals surface area contributed by atoms with E-state index in [2.05, 4.69) is 4.74 Å². The second kappa shape index (κ2) is 9.83. The number of methoxy groups -OCH3 is 1. The van der Waals surface area contributed by atoms with Crippen molar-refractivity contribution < 1.29 is 23.8 Å².